The summed E-state index contributed by atoms with van der Waals surface area (Å²) < 4.78 is 16.6. The zero-order chi connectivity index (χ0) is 12.8. The fourth-order valence-electron chi connectivity index (χ4n) is 2.00. The van der Waals surface area contributed by atoms with Crippen molar-refractivity contribution < 1.29 is 4.39 Å². The number of rotatable bonds is 1. The molecule has 0 saturated carbocycles. The van der Waals surface area contributed by atoms with Gasteiger partial charge >= 0.3 is 5.69 Å². The predicted octanol–water partition coefficient (Wildman–Crippen LogP) is 2.33. The van der Waals surface area contributed by atoms with E-state index in [-0.39, 0.29) is 11.1 Å². The molecule has 1 heterocycles. The lowest BCUT2D eigenvalue weighted by Crippen LogP contribution is -2.27. The first-order chi connectivity index (χ1) is 7.81. The maximum absolute atomic E-state index is 13.6. The number of nitrogens with zero attached hydrogens (tertiary/aromatic N) is 2. The van der Waals surface area contributed by atoms with Gasteiger partial charge in [-0.05, 0) is 17.5 Å². The number of hydrogen-bond acceptors (Lipinski definition) is 1. The quantitative estimate of drug-likeness (QED) is 0.745. The number of halogens is 1. The zero-order valence-electron chi connectivity index (χ0n) is 10.5. The molecule has 0 saturated heterocycles. The van der Waals surface area contributed by atoms with Gasteiger partial charge in [-0.1, -0.05) is 20.8 Å². The topological polar surface area (TPSA) is 26.9 Å². The van der Waals surface area contributed by atoms with E-state index in [1.807, 2.05) is 20.8 Å². The van der Waals surface area contributed by atoms with Gasteiger partial charge in [-0.2, -0.15) is 0 Å². The maximum Gasteiger partial charge on any atom is 0.328 e. The second-order valence-electron chi connectivity index (χ2n) is 5.51. The van der Waals surface area contributed by atoms with Crippen LogP contribution in [-0.2, 0) is 13.6 Å². The van der Waals surface area contributed by atoms with Crippen molar-refractivity contribution in [1.29, 1.82) is 0 Å². The first kappa shape index (κ1) is 11.9. The fraction of sp³-hybridized carbons (Fsp3) is 0.462. The van der Waals surface area contributed by atoms with Crippen molar-refractivity contribution in [2.45, 2.75) is 27.3 Å². The fourth-order valence-corrected chi connectivity index (χ4v) is 2.00. The molecule has 1 radical (unpaired) electrons. The van der Waals surface area contributed by atoms with Crippen molar-refractivity contribution in [1.82, 2.24) is 9.13 Å². The third kappa shape index (κ3) is 1.99. The SMILES string of the molecule is Cn1c(=O)n(CC(C)(C)C)c2cc[c]c(F)c21. The Morgan fingerprint density at radius 2 is 2.06 bits per heavy atom. The van der Waals surface area contributed by atoms with Gasteiger partial charge in [-0.15, -0.1) is 0 Å². The Hall–Kier alpha value is -1.58. The average molecular weight is 235 g/mol. The standard InChI is InChI=1S/C13H16FN2O/c1-13(2,3)8-16-10-7-5-6-9(14)11(10)15(4)12(16)17/h5,7H,8H2,1-4H3. The molecule has 0 aliphatic rings. The van der Waals surface area contributed by atoms with Gasteiger partial charge in [0.05, 0.1) is 5.52 Å². The Morgan fingerprint density at radius 3 is 2.65 bits per heavy atom. The van der Waals surface area contributed by atoms with Crippen LogP contribution in [0.2, 0.25) is 0 Å². The summed E-state index contributed by atoms with van der Waals surface area (Å²) in [4.78, 5) is 12.1. The first-order valence-corrected chi connectivity index (χ1v) is 5.57. The highest BCUT2D eigenvalue weighted by Gasteiger charge is 2.19. The number of fused-ring (bicyclic) bond motifs is 1. The van der Waals surface area contributed by atoms with Crippen molar-refractivity contribution >= 4 is 11.0 Å². The van der Waals surface area contributed by atoms with Crippen LogP contribution in [0, 0.1) is 17.3 Å². The normalized spacial score (nSPS) is 12.3. The lowest BCUT2D eigenvalue weighted by Gasteiger charge is -2.18. The van der Waals surface area contributed by atoms with E-state index >= 15 is 0 Å². The zero-order valence-corrected chi connectivity index (χ0v) is 10.5. The van der Waals surface area contributed by atoms with Crippen molar-refractivity contribution in [3.8, 4) is 0 Å². The van der Waals surface area contributed by atoms with Crippen LogP contribution in [-0.4, -0.2) is 9.13 Å². The van der Waals surface area contributed by atoms with E-state index in [1.165, 1.54) is 10.6 Å². The summed E-state index contributed by atoms with van der Waals surface area (Å²) in [5.74, 6) is -0.477. The van der Waals surface area contributed by atoms with Gasteiger partial charge in [0.15, 0.2) is 5.82 Å². The van der Waals surface area contributed by atoms with Crippen LogP contribution in [0.15, 0.2) is 16.9 Å². The molecule has 0 bridgehead atoms. The summed E-state index contributed by atoms with van der Waals surface area (Å²) in [5, 5.41) is 0. The number of hydrogen-bond donors (Lipinski definition) is 0. The van der Waals surface area contributed by atoms with E-state index < -0.39 is 5.82 Å². The second-order valence-corrected chi connectivity index (χ2v) is 5.51. The Morgan fingerprint density at radius 1 is 1.41 bits per heavy atom. The molecular formula is C13H16FN2O. The van der Waals surface area contributed by atoms with Crippen LogP contribution in [0.25, 0.3) is 11.0 Å². The van der Waals surface area contributed by atoms with Gasteiger partial charge in [0.25, 0.3) is 0 Å². The Bertz CT molecular complexity index is 617. The lowest BCUT2D eigenvalue weighted by atomic mass is 9.97. The molecule has 0 spiro atoms. The minimum absolute atomic E-state index is 0.0336. The van der Waals surface area contributed by atoms with E-state index in [4.69, 9.17) is 0 Å². The maximum atomic E-state index is 13.6. The van der Waals surface area contributed by atoms with Crippen LogP contribution >= 0.6 is 0 Å². The van der Waals surface area contributed by atoms with E-state index in [2.05, 4.69) is 6.07 Å². The van der Waals surface area contributed by atoms with E-state index in [0.717, 1.165) is 0 Å². The van der Waals surface area contributed by atoms with E-state index in [9.17, 15) is 9.18 Å². The molecular weight excluding hydrogens is 219 g/mol. The summed E-state index contributed by atoms with van der Waals surface area (Å²) in [6, 6.07) is 5.72. The molecule has 1 aromatic carbocycles. The summed E-state index contributed by atoms with van der Waals surface area (Å²) in [6.45, 7) is 6.70. The Kier molecular flexibility index (Phi) is 2.60. The monoisotopic (exact) mass is 235 g/mol. The minimum atomic E-state index is -0.477. The van der Waals surface area contributed by atoms with Crippen LogP contribution in [0.4, 0.5) is 4.39 Å². The molecule has 0 amide bonds. The lowest BCUT2D eigenvalue weighted by molar-refractivity contribution is 0.342. The molecule has 4 heteroatoms. The molecule has 17 heavy (non-hydrogen) atoms. The highest BCUT2D eigenvalue weighted by Crippen LogP contribution is 2.21. The van der Waals surface area contributed by atoms with Gasteiger partial charge in [-0.25, -0.2) is 9.18 Å². The molecule has 2 rings (SSSR count). The summed E-state index contributed by atoms with van der Waals surface area (Å²) in [7, 11) is 1.58. The van der Waals surface area contributed by atoms with Gasteiger partial charge in [-0.3, -0.25) is 9.13 Å². The van der Waals surface area contributed by atoms with Gasteiger partial charge in [0, 0.05) is 19.7 Å². The number of aryl methyl sites for hydroxylation is 1. The molecule has 91 valence electrons. The van der Waals surface area contributed by atoms with Gasteiger partial charge < -0.3 is 0 Å². The molecule has 0 aliphatic heterocycles. The van der Waals surface area contributed by atoms with Gasteiger partial charge in [0.1, 0.15) is 5.52 Å². The number of imidazole rings is 1. The van der Waals surface area contributed by atoms with Crippen LogP contribution in [0.5, 0.6) is 0 Å². The third-order valence-electron chi connectivity index (χ3n) is 2.68. The molecule has 3 nitrogen and oxygen atoms in total. The molecule has 0 atom stereocenters. The van der Waals surface area contributed by atoms with E-state index in [0.29, 0.717) is 17.6 Å². The Labute approximate surface area is 99.5 Å². The third-order valence-corrected chi connectivity index (χ3v) is 2.68. The molecule has 0 aliphatic carbocycles. The smallest absolute Gasteiger partial charge is 0.292 e. The van der Waals surface area contributed by atoms with Crippen molar-refractivity contribution in [3.63, 3.8) is 0 Å². The van der Waals surface area contributed by atoms with Crippen molar-refractivity contribution in [2.24, 2.45) is 12.5 Å². The summed E-state index contributed by atoms with van der Waals surface area (Å²) in [5.41, 5.74) is 0.729. The molecule has 1 aromatic heterocycles. The average Bonchev–Trinajstić information content (AvgIpc) is 2.43. The largest absolute Gasteiger partial charge is 0.328 e. The highest BCUT2D eigenvalue weighted by molar-refractivity contribution is 5.76. The first-order valence-electron chi connectivity index (χ1n) is 5.57. The van der Waals surface area contributed by atoms with Crippen molar-refractivity contribution in [2.75, 3.05) is 0 Å². The molecule has 0 N–H and O–H groups in total. The molecule has 2 aromatic rings. The second kappa shape index (κ2) is 3.72. The summed E-state index contributed by atoms with van der Waals surface area (Å²) >= 11 is 0. The minimum Gasteiger partial charge on any atom is -0.292 e. The molecule has 0 fully saturated rings. The van der Waals surface area contributed by atoms with Crippen LogP contribution < -0.4 is 5.69 Å². The van der Waals surface area contributed by atoms with E-state index in [1.54, 1.807) is 17.7 Å². The van der Waals surface area contributed by atoms with Crippen LogP contribution in [0.3, 0.4) is 0 Å². The van der Waals surface area contributed by atoms with Gasteiger partial charge in [0.2, 0.25) is 0 Å². The number of aromatic nitrogens is 2. The highest BCUT2D eigenvalue weighted by atomic mass is 19.1. The summed E-state index contributed by atoms with van der Waals surface area (Å²) in [6.07, 6.45) is 0. The molecule has 0 unspecified atom stereocenters. The Balaban J connectivity index is 2.77. The number of benzene rings is 1. The van der Waals surface area contributed by atoms with Crippen LogP contribution in [0.1, 0.15) is 20.8 Å². The predicted molar refractivity (Wildman–Crippen MR) is 65.4 cm³/mol. The van der Waals surface area contributed by atoms with Crippen molar-refractivity contribution in [3.05, 3.63) is 34.5 Å².